The number of carbonyl (C=O) groups is 1. The first-order valence-electron chi connectivity index (χ1n) is 10.6. The number of fused-ring (bicyclic) bond motifs is 1. The van der Waals surface area contributed by atoms with Crippen LogP contribution in [0, 0.1) is 12.5 Å². The summed E-state index contributed by atoms with van der Waals surface area (Å²) in [6.45, 7) is 9.22. The Bertz CT molecular complexity index is 1020. The van der Waals surface area contributed by atoms with Crippen LogP contribution < -0.4 is 9.47 Å². The van der Waals surface area contributed by atoms with E-state index in [-0.39, 0.29) is 18.1 Å². The molecule has 0 saturated carbocycles. The van der Waals surface area contributed by atoms with Crippen molar-refractivity contribution in [2.24, 2.45) is 5.92 Å². The van der Waals surface area contributed by atoms with E-state index in [1.54, 1.807) is 20.3 Å². The summed E-state index contributed by atoms with van der Waals surface area (Å²) in [5, 5.41) is 0. The molecule has 1 saturated heterocycles. The highest BCUT2D eigenvalue weighted by molar-refractivity contribution is 6.03. The van der Waals surface area contributed by atoms with E-state index in [1.165, 1.54) is 0 Å². The van der Waals surface area contributed by atoms with Gasteiger partial charge in [0.15, 0.2) is 23.0 Å². The number of hydrogen-bond acceptors (Lipinski definition) is 4. The van der Waals surface area contributed by atoms with Crippen molar-refractivity contribution in [3.8, 4) is 11.5 Å². The Labute approximate surface area is 182 Å². The third-order valence-corrected chi connectivity index (χ3v) is 6.58. The van der Waals surface area contributed by atoms with Crippen molar-refractivity contribution in [2.45, 2.75) is 37.9 Å². The van der Waals surface area contributed by atoms with Gasteiger partial charge in [-0.3, -0.25) is 4.79 Å². The quantitative estimate of drug-likeness (QED) is 0.614. The van der Waals surface area contributed by atoms with Crippen molar-refractivity contribution in [3.05, 3.63) is 64.5 Å². The Morgan fingerprint density at radius 1 is 1.16 bits per heavy atom. The van der Waals surface area contributed by atoms with Gasteiger partial charge in [0.1, 0.15) is 5.67 Å². The molecule has 1 atom stereocenters. The van der Waals surface area contributed by atoms with Gasteiger partial charge in [-0.15, -0.1) is 0 Å². The van der Waals surface area contributed by atoms with Gasteiger partial charge < -0.3 is 14.4 Å². The van der Waals surface area contributed by atoms with Gasteiger partial charge in [0.05, 0.1) is 20.8 Å². The number of rotatable bonds is 6. The smallest absolute Gasteiger partial charge is 0.191 e. The molecule has 1 fully saturated rings. The van der Waals surface area contributed by atoms with Gasteiger partial charge in [0.25, 0.3) is 0 Å². The number of methoxy groups -OCH3 is 2. The minimum absolute atomic E-state index is 0.00129. The molecule has 162 valence electrons. The van der Waals surface area contributed by atoms with Crippen molar-refractivity contribution in [2.75, 3.05) is 27.3 Å². The number of benzene rings is 2. The van der Waals surface area contributed by atoms with E-state index in [0.717, 1.165) is 11.1 Å². The number of nitrogens with zero attached hydrogens (tertiary/aromatic N) is 2. The van der Waals surface area contributed by atoms with Crippen molar-refractivity contribution in [1.82, 2.24) is 4.90 Å². The third-order valence-electron chi connectivity index (χ3n) is 6.58. The summed E-state index contributed by atoms with van der Waals surface area (Å²) >= 11 is 0. The minimum Gasteiger partial charge on any atom is -0.493 e. The van der Waals surface area contributed by atoms with E-state index in [9.17, 15) is 4.79 Å². The molecule has 1 unspecified atom stereocenters. The lowest BCUT2D eigenvalue weighted by Crippen LogP contribution is -2.42. The number of likely N-dealkylation sites (tertiary alicyclic amines) is 1. The molecule has 6 heteroatoms. The number of para-hydroxylation sites is 1. The van der Waals surface area contributed by atoms with Crippen LogP contribution in [0.3, 0.4) is 0 Å². The maximum absolute atomic E-state index is 15.7. The first kappa shape index (κ1) is 21.3. The normalized spacial score (nSPS) is 20.2. The molecule has 0 aromatic heterocycles. The lowest BCUT2D eigenvalue weighted by Gasteiger charge is -2.37. The van der Waals surface area contributed by atoms with Crippen LogP contribution in [-0.4, -0.2) is 43.7 Å². The number of ether oxygens (including phenoxy) is 2. The number of hydrogen-bond donors (Lipinski definition) is 0. The van der Waals surface area contributed by atoms with E-state index in [1.807, 2.05) is 30.3 Å². The van der Waals surface area contributed by atoms with E-state index in [4.69, 9.17) is 16.0 Å². The zero-order valence-electron chi connectivity index (χ0n) is 18.0. The Morgan fingerprint density at radius 2 is 1.84 bits per heavy atom. The summed E-state index contributed by atoms with van der Waals surface area (Å²) in [5.41, 5.74) is 1.82. The fourth-order valence-corrected chi connectivity index (χ4v) is 4.81. The van der Waals surface area contributed by atoms with Crippen molar-refractivity contribution < 1.29 is 18.7 Å². The minimum atomic E-state index is -1.34. The van der Waals surface area contributed by atoms with Gasteiger partial charge in [-0.05, 0) is 48.9 Å². The van der Waals surface area contributed by atoms with Crippen molar-refractivity contribution in [1.29, 1.82) is 0 Å². The largest absolute Gasteiger partial charge is 0.493 e. The highest BCUT2D eigenvalue weighted by atomic mass is 19.1. The van der Waals surface area contributed by atoms with Crippen LogP contribution in [0.2, 0.25) is 0 Å². The lowest BCUT2D eigenvalue weighted by molar-refractivity contribution is 0.0337. The van der Waals surface area contributed by atoms with E-state index in [2.05, 4.69) is 9.74 Å². The van der Waals surface area contributed by atoms with Gasteiger partial charge in [0, 0.05) is 31.1 Å². The predicted molar refractivity (Wildman–Crippen MR) is 117 cm³/mol. The number of Topliss-reactive ketones (excluding diaryl/α,β-unsaturated/α-hetero) is 1. The predicted octanol–water partition coefficient (Wildman–Crippen LogP) is 5.00. The summed E-state index contributed by atoms with van der Waals surface area (Å²) in [6.07, 6.45) is 1.60. The van der Waals surface area contributed by atoms with E-state index < -0.39 is 5.67 Å². The number of carbonyl (C=O) groups excluding carboxylic acids is 1. The second kappa shape index (κ2) is 8.68. The molecule has 4 rings (SSSR count). The van der Waals surface area contributed by atoms with Crippen molar-refractivity contribution in [3.63, 3.8) is 0 Å². The zero-order chi connectivity index (χ0) is 22.0. The fourth-order valence-electron chi connectivity index (χ4n) is 4.81. The highest BCUT2D eigenvalue weighted by Crippen LogP contribution is 2.42. The molecule has 0 N–H and O–H groups in total. The second-order valence-electron chi connectivity index (χ2n) is 8.50. The molecule has 0 bridgehead atoms. The lowest BCUT2D eigenvalue weighted by atomic mass is 9.82. The number of ketones is 1. The number of piperidine rings is 1. The standard InChI is InChI=1S/C25H27FN2O3/c1-27-21-7-5-4-6-17(21)16-28-10-8-25(26,9-11-28)15-19-12-18-13-22(30-2)23(31-3)14-20(18)24(19)29/h4-7,13-14,19H,8-12,15-16H2,2-3H3. The Hall–Kier alpha value is -2.91. The second-order valence-corrected chi connectivity index (χ2v) is 8.50. The van der Waals surface area contributed by atoms with Crippen LogP contribution in [0.4, 0.5) is 10.1 Å². The molecule has 5 nitrogen and oxygen atoms in total. The van der Waals surface area contributed by atoms with Crippen LogP contribution >= 0.6 is 0 Å². The van der Waals surface area contributed by atoms with Gasteiger partial charge >= 0.3 is 0 Å². The fraction of sp³-hybridized carbons (Fsp3) is 0.440. The van der Waals surface area contributed by atoms with Gasteiger partial charge in [0.2, 0.25) is 0 Å². The summed E-state index contributed by atoms with van der Waals surface area (Å²) in [4.78, 5) is 18.7. The van der Waals surface area contributed by atoms with Gasteiger partial charge in [-0.1, -0.05) is 24.3 Å². The zero-order valence-corrected chi connectivity index (χ0v) is 18.0. The summed E-state index contributed by atoms with van der Waals surface area (Å²) in [6, 6.07) is 11.1. The molecule has 0 spiro atoms. The van der Waals surface area contributed by atoms with Crippen LogP contribution in [0.25, 0.3) is 4.85 Å². The summed E-state index contributed by atoms with van der Waals surface area (Å²) < 4.78 is 26.4. The molecule has 31 heavy (non-hydrogen) atoms. The molecular formula is C25H27FN2O3. The molecule has 1 aliphatic heterocycles. The molecular weight excluding hydrogens is 395 g/mol. The molecule has 2 aliphatic rings. The first-order valence-corrected chi connectivity index (χ1v) is 10.6. The molecule has 0 amide bonds. The van der Waals surface area contributed by atoms with Crippen LogP contribution in [0.15, 0.2) is 36.4 Å². The number of alkyl halides is 1. The molecule has 1 aliphatic carbocycles. The van der Waals surface area contributed by atoms with E-state index >= 15 is 4.39 Å². The molecule has 1 heterocycles. The van der Waals surface area contributed by atoms with E-state index in [0.29, 0.717) is 61.6 Å². The van der Waals surface area contributed by atoms with Crippen LogP contribution in [-0.2, 0) is 13.0 Å². The monoisotopic (exact) mass is 422 g/mol. The van der Waals surface area contributed by atoms with Gasteiger partial charge in [-0.25, -0.2) is 9.24 Å². The molecule has 2 aromatic rings. The Balaban J connectivity index is 1.39. The van der Waals surface area contributed by atoms with Gasteiger partial charge in [-0.2, -0.15) is 0 Å². The molecule has 2 aromatic carbocycles. The topological polar surface area (TPSA) is 43.1 Å². The summed E-state index contributed by atoms with van der Waals surface area (Å²) in [7, 11) is 3.11. The third kappa shape index (κ3) is 4.28. The average Bonchev–Trinajstić information content (AvgIpc) is 3.08. The first-order chi connectivity index (χ1) is 15.0. The van der Waals surface area contributed by atoms with Crippen molar-refractivity contribution >= 4 is 11.5 Å². The maximum Gasteiger partial charge on any atom is 0.191 e. The SMILES string of the molecule is [C-]#[N+]c1ccccc1CN1CCC(F)(CC2Cc3cc(OC)c(OC)cc3C2=O)CC1. The average molecular weight is 423 g/mol. The Morgan fingerprint density at radius 3 is 2.52 bits per heavy atom. The maximum atomic E-state index is 15.7. The Kier molecular flexibility index (Phi) is 5.97. The summed E-state index contributed by atoms with van der Waals surface area (Å²) in [5.74, 6) is 0.781. The molecule has 0 radical (unpaired) electrons. The highest BCUT2D eigenvalue weighted by Gasteiger charge is 2.42. The van der Waals surface area contributed by atoms with Crippen LogP contribution in [0.5, 0.6) is 11.5 Å². The number of halogens is 1. The van der Waals surface area contributed by atoms with Crippen LogP contribution in [0.1, 0.15) is 40.7 Å².